The molecule has 0 saturated heterocycles. The van der Waals surface area contributed by atoms with E-state index in [1.165, 1.54) is 38.3 Å². The molecule has 122 valence electrons. The molecule has 22 heavy (non-hydrogen) atoms. The minimum absolute atomic E-state index is 1.32. The van der Waals surface area contributed by atoms with Crippen LogP contribution in [0, 0.1) is 0 Å². The molecular weight excluding hydrogens is 398 g/mol. The Hall–Kier alpha value is -0.400. The molecule has 0 aliphatic heterocycles. The second-order valence-corrected chi connectivity index (χ2v) is 14.8. The van der Waals surface area contributed by atoms with E-state index in [-0.39, 0.29) is 0 Å². The van der Waals surface area contributed by atoms with Crippen LogP contribution < -0.4 is 5.30 Å². The Labute approximate surface area is 150 Å². The van der Waals surface area contributed by atoms with Gasteiger partial charge in [-0.15, -0.1) is 0 Å². The van der Waals surface area contributed by atoms with Crippen LogP contribution >= 0.6 is 26.9 Å². The van der Waals surface area contributed by atoms with E-state index in [0.29, 0.717) is 0 Å². The van der Waals surface area contributed by atoms with E-state index in [0.717, 1.165) is 0 Å². The van der Waals surface area contributed by atoms with Gasteiger partial charge in [-0.1, -0.05) is 0 Å². The molecule has 0 N–H and O–H groups in total. The van der Waals surface area contributed by atoms with Crippen molar-refractivity contribution in [1.82, 2.24) is 0 Å². The van der Waals surface area contributed by atoms with Crippen LogP contribution in [0.4, 0.5) is 0 Å². The van der Waals surface area contributed by atoms with E-state index in [1.807, 2.05) is 12.2 Å². The van der Waals surface area contributed by atoms with E-state index in [4.69, 9.17) is 0 Å². The van der Waals surface area contributed by atoms with Gasteiger partial charge in [0.05, 0.1) is 0 Å². The summed E-state index contributed by atoms with van der Waals surface area (Å²) in [7, 11) is 0. The van der Waals surface area contributed by atoms with Crippen molar-refractivity contribution in [3.8, 4) is 0 Å². The van der Waals surface area contributed by atoms with Crippen molar-refractivity contribution < 1.29 is 0 Å². The van der Waals surface area contributed by atoms with Gasteiger partial charge in [0, 0.05) is 0 Å². The van der Waals surface area contributed by atoms with Crippen molar-refractivity contribution in [1.29, 1.82) is 0 Å². The summed E-state index contributed by atoms with van der Waals surface area (Å²) in [5.41, 5.74) is 0. The molecule has 0 unspecified atom stereocenters. The standard InChI is InChI=1S/C20H30IP/c1-4-6-8-9-14-18-22(21,19(3)15-11-7-5-2)20-16-12-10-13-17-20/h5,7,10-13,15-17,22H,2,4,6,8-9,14,18H2,1,3H3/b11-7-,19-15+. The molecule has 0 aliphatic carbocycles. The summed E-state index contributed by atoms with van der Waals surface area (Å²) >= 11 is 2.79. The topological polar surface area (TPSA) is 0 Å². The average molecular weight is 428 g/mol. The first kappa shape index (κ1) is 19.6. The number of benzene rings is 1. The number of rotatable bonds is 10. The van der Waals surface area contributed by atoms with Gasteiger partial charge in [-0.25, -0.2) is 0 Å². The number of hydrogen-bond acceptors (Lipinski definition) is 0. The van der Waals surface area contributed by atoms with E-state index >= 15 is 0 Å². The van der Waals surface area contributed by atoms with Gasteiger partial charge < -0.3 is 0 Å². The van der Waals surface area contributed by atoms with Gasteiger partial charge >= 0.3 is 151 Å². The van der Waals surface area contributed by atoms with Gasteiger partial charge in [0.2, 0.25) is 0 Å². The number of allylic oxidation sites excluding steroid dienone is 5. The summed E-state index contributed by atoms with van der Waals surface area (Å²) < 4.78 is 0. The van der Waals surface area contributed by atoms with Crippen LogP contribution in [0.5, 0.6) is 0 Å². The fourth-order valence-corrected chi connectivity index (χ4v) is 8.37. The second kappa shape index (κ2) is 11.2. The number of hydrogen-bond donors (Lipinski definition) is 0. The molecule has 0 aliphatic rings. The van der Waals surface area contributed by atoms with Crippen molar-refractivity contribution >= 4 is 32.3 Å². The molecule has 0 fully saturated rings. The third kappa shape index (κ3) is 6.38. The minimum atomic E-state index is -1.59. The zero-order valence-corrected chi connectivity index (χ0v) is 17.2. The first-order valence-electron chi connectivity index (χ1n) is 8.36. The Bertz CT molecular complexity index is 490. The van der Waals surface area contributed by atoms with Gasteiger partial charge in [0.25, 0.3) is 0 Å². The molecule has 0 spiro atoms. The van der Waals surface area contributed by atoms with Crippen molar-refractivity contribution in [2.75, 3.05) is 6.16 Å². The van der Waals surface area contributed by atoms with E-state index in [9.17, 15) is 0 Å². The summed E-state index contributed by atoms with van der Waals surface area (Å²) in [5, 5.41) is 3.10. The third-order valence-electron chi connectivity index (χ3n) is 4.07. The molecule has 0 atom stereocenters. The summed E-state index contributed by atoms with van der Waals surface area (Å²) in [4.78, 5) is -1.59. The Balaban J connectivity index is 2.87. The normalized spacial score (nSPS) is 13.5. The fraction of sp³-hybridized carbons (Fsp3) is 0.400. The van der Waals surface area contributed by atoms with Crippen LogP contribution in [0.1, 0.15) is 46.0 Å². The molecule has 1 aromatic rings. The third-order valence-corrected chi connectivity index (χ3v) is 13.8. The molecule has 0 heterocycles. The Morgan fingerprint density at radius 3 is 2.41 bits per heavy atom. The zero-order chi connectivity index (χ0) is 16.3. The van der Waals surface area contributed by atoms with Crippen LogP contribution in [0.15, 0.2) is 66.5 Å². The van der Waals surface area contributed by atoms with Crippen LogP contribution in [0.25, 0.3) is 0 Å². The first-order chi connectivity index (χ1) is 10.6. The zero-order valence-electron chi connectivity index (χ0n) is 14.0. The van der Waals surface area contributed by atoms with E-state index in [2.05, 4.69) is 85.0 Å². The van der Waals surface area contributed by atoms with Gasteiger partial charge in [0.15, 0.2) is 0 Å². The molecular formula is C20H30IP. The maximum atomic E-state index is 3.75. The fourth-order valence-electron chi connectivity index (χ4n) is 2.65. The van der Waals surface area contributed by atoms with Crippen LogP contribution in [0.3, 0.4) is 0 Å². The first-order valence-corrected chi connectivity index (χ1v) is 13.7. The predicted octanol–water partition coefficient (Wildman–Crippen LogP) is 7.03. The molecule has 1 rings (SSSR count). The SMILES string of the molecule is C=C/C=C\C=C(/C)[PH](I)(CCCCCCC)c1ccccc1. The molecule has 0 radical (unpaired) electrons. The summed E-state index contributed by atoms with van der Waals surface area (Å²) in [6, 6.07) is 11.1. The Morgan fingerprint density at radius 1 is 1.09 bits per heavy atom. The molecule has 2 heteroatoms. The summed E-state index contributed by atoms with van der Waals surface area (Å²) in [6.07, 6.45) is 16.4. The molecule has 0 nitrogen and oxygen atoms in total. The van der Waals surface area contributed by atoms with Crippen molar-refractivity contribution in [3.05, 3.63) is 66.5 Å². The predicted molar refractivity (Wildman–Crippen MR) is 115 cm³/mol. The monoisotopic (exact) mass is 428 g/mol. The molecule has 0 saturated carbocycles. The van der Waals surface area contributed by atoms with Gasteiger partial charge in [-0.05, 0) is 0 Å². The number of unbranched alkanes of at least 4 members (excludes halogenated alkanes) is 4. The number of halogens is 1. The van der Waals surface area contributed by atoms with Gasteiger partial charge in [-0.2, -0.15) is 0 Å². The second-order valence-electron chi connectivity index (χ2n) is 5.80. The summed E-state index contributed by atoms with van der Waals surface area (Å²) in [5.74, 6) is 0. The molecule has 0 bridgehead atoms. The van der Waals surface area contributed by atoms with Crippen LogP contribution in [0.2, 0.25) is 0 Å². The van der Waals surface area contributed by atoms with Gasteiger partial charge in [0.1, 0.15) is 0 Å². The molecule has 0 aromatic heterocycles. The molecule has 0 amide bonds. The van der Waals surface area contributed by atoms with Gasteiger partial charge in [-0.3, -0.25) is 0 Å². The van der Waals surface area contributed by atoms with Crippen LogP contribution in [-0.2, 0) is 0 Å². The maximum absolute atomic E-state index is 3.75. The molecule has 1 aromatic carbocycles. The van der Waals surface area contributed by atoms with Crippen LogP contribution in [-0.4, -0.2) is 6.16 Å². The Kier molecular flexibility index (Phi) is 9.99. The van der Waals surface area contributed by atoms with Crippen molar-refractivity contribution in [2.45, 2.75) is 46.0 Å². The average Bonchev–Trinajstić information content (AvgIpc) is 2.55. The van der Waals surface area contributed by atoms with Crippen molar-refractivity contribution in [3.63, 3.8) is 0 Å². The Morgan fingerprint density at radius 2 is 1.77 bits per heavy atom. The van der Waals surface area contributed by atoms with E-state index in [1.54, 1.807) is 10.6 Å². The quantitative estimate of drug-likeness (QED) is 0.162. The van der Waals surface area contributed by atoms with Crippen molar-refractivity contribution in [2.24, 2.45) is 0 Å². The van der Waals surface area contributed by atoms with E-state index < -0.39 is 4.90 Å². The summed E-state index contributed by atoms with van der Waals surface area (Å²) in [6.45, 7) is 8.34.